The van der Waals surface area contributed by atoms with E-state index in [0.29, 0.717) is 29.6 Å². The van der Waals surface area contributed by atoms with Gasteiger partial charge in [-0.15, -0.1) is 0 Å². The molecule has 1 N–H and O–H groups in total. The normalized spacial score (nSPS) is 16.8. The summed E-state index contributed by atoms with van der Waals surface area (Å²) in [6.45, 7) is 5.23. The van der Waals surface area contributed by atoms with Crippen LogP contribution in [0.5, 0.6) is 0 Å². The second-order valence-corrected chi connectivity index (χ2v) is 10.2. The van der Waals surface area contributed by atoms with E-state index < -0.39 is 0 Å². The maximum atomic E-state index is 13.0. The van der Waals surface area contributed by atoms with E-state index >= 15 is 0 Å². The molecule has 2 aliphatic rings. The molecule has 33 heavy (non-hydrogen) atoms. The van der Waals surface area contributed by atoms with Crippen molar-refractivity contribution in [2.45, 2.75) is 45.2 Å². The van der Waals surface area contributed by atoms with Crippen molar-refractivity contribution in [1.29, 1.82) is 0 Å². The van der Waals surface area contributed by atoms with E-state index in [4.69, 9.17) is 4.98 Å². The van der Waals surface area contributed by atoms with E-state index in [0.717, 1.165) is 43.7 Å². The number of benzene rings is 2. The first-order valence-corrected chi connectivity index (χ1v) is 12.9. The lowest BCUT2D eigenvalue weighted by Crippen LogP contribution is -2.32. The third-order valence-corrected chi connectivity index (χ3v) is 7.53. The van der Waals surface area contributed by atoms with Gasteiger partial charge in [0.1, 0.15) is 5.82 Å². The molecule has 0 radical (unpaired) electrons. The number of hydrogen-bond donors (Lipinski definition) is 1. The number of nitrogens with zero attached hydrogens (tertiary/aromatic N) is 3. The Morgan fingerprint density at radius 1 is 1.12 bits per heavy atom. The predicted octanol–water partition coefficient (Wildman–Crippen LogP) is 4.16. The van der Waals surface area contributed by atoms with E-state index in [1.807, 2.05) is 52.7 Å². The highest BCUT2D eigenvalue weighted by atomic mass is 32.2. The van der Waals surface area contributed by atoms with Crippen molar-refractivity contribution in [1.82, 2.24) is 14.5 Å². The highest BCUT2D eigenvalue weighted by Gasteiger charge is 2.28. The Balaban J connectivity index is 1.29. The molecule has 1 aliphatic heterocycles. The van der Waals surface area contributed by atoms with Gasteiger partial charge in [0, 0.05) is 55.7 Å². The maximum Gasteiger partial charge on any atom is 0.261 e. The monoisotopic (exact) mass is 462 g/mol. The largest absolute Gasteiger partial charge is 0.326 e. The predicted molar refractivity (Wildman–Crippen MR) is 135 cm³/mol. The fourth-order valence-corrected chi connectivity index (χ4v) is 5.48. The van der Waals surface area contributed by atoms with Gasteiger partial charge in [0.25, 0.3) is 5.56 Å². The van der Waals surface area contributed by atoms with E-state index in [2.05, 4.69) is 23.2 Å². The number of hydrogen-bond acceptors (Lipinski definition) is 5. The van der Waals surface area contributed by atoms with Gasteiger partial charge in [0.2, 0.25) is 5.91 Å². The molecule has 1 aromatic heterocycles. The van der Waals surface area contributed by atoms with Crippen molar-refractivity contribution >= 4 is 34.3 Å². The summed E-state index contributed by atoms with van der Waals surface area (Å²) < 4.78 is 1.82. The first kappa shape index (κ1) is 22.2. The molecule has 0 unspecified atom stereocenters. The molecule has 1 saturated carbocycles. The van der Waals surface area contributed by atoms with E-state index in [-0.39, 0.29) is 17.5 Å². The number of aromatic nitrogens is 2. The van der Waals surface area contributed by atoms with Crippen LogP contribution in [0.4, 0.5) is 5.69 Å². The summed E-state index contributed by atoms with van der Waals surface area (Å²) in [5, 5.41) is 3.75. The minimum Gasteiger partial charge on any atom is -0.326 e. The van der Waals surface area contributed by atoms with Crippen molar-refractivity contribution in [3.05, 3.63) is 69.8 Å². The van der Waals surface area contributed by atoms with Crippen LogP contribution in [0.25, 0.3) is 10.9 Å². The molecule has 0 spiro atoms. The molecule has 5 rings (SSSR count). The summed E-state index contributed by atoms with van der Waals surface area (Å²) >= 11 is 2.01. The van der Waals surface area contributed by atoms with Crippen LogP contribution in [0.15, 0.2) is 47.3 Å². The second-order valence-electron chi connectivity index (χ2n) is 8.98. The number of rotatable bonds is 7. The van der Waals surface area contributed by atoms with Gasteiger partial charge < -0.3 is 5.32 Å². The molecule has 0 atom stereocenters. The van der Waals surface area contributed by atoms with Crippen LogP contribution in [0.3, 0.4) is 0 Å². The Kier molecular flexibility index (Phi) is 6.51. The van der Waals surface area contributed by atoms with Gasteiger partial charge in [-0.05, 0) is 49.1 Å². The van der Waals surface area contributed by atoms with E-state index in [1.54, 1.807) is 0 Å². The number of carbonyl (C=O) groups excluding carboxylic acids is 1. The van der Waals surface area contributed by atoms with Crippen LogP contribution < -0.4 is 10.9 Å². The first-order valence-electron chi connectivity index (χ1n) is 11.8. The number of para-hydroxylation sites is 1. The number of aryl methyl sites for hydroxylation is 1. The molecular weight excluding hydrogens is 432 g/mol. The first-order chi connectivity index (χ1) is 16.1. The third kappa shape index (κ3) is 4.99. The van der Waals surface area contributed by atoms with Crippen LogP contribution in [0.1, 0.15) is 42.3 Å². The SMILES string of the molecule is Cc1c(CN2CCSCC2)cccc1NC(=O)CCc1nc2ccccc2c(=O)n1C1CC1. The molecule has 2 aromatic carbocycles. The maximum absolute atomic E-state index is 13.0. The molecule has 0 bridgehead atoms. The van der Waals surface area contributed by atoms with E-state index in [9.17, 15) is 9.59 Å². The zero-order valence-electron chi connectivity index (χ0n) is 19.0. The van der Waals surface area contributed by atoms with Gasteiger partial charge in [-0.2, -0.15) is 11.8 Å². The minimum atomic E-state index is -0.0469. The lowest BCUT2D eigenvalue weighted by molar-refractivity contribution is -0.116. The molecule has 1 aliphatic carbocycles. The highest BCUT2D eigenvalue weighted by Crippen LogP contribution is 2.35. The summed E-state index contributed by atoms with van der Waals surface area (Å²) in [5.41, 5.74) is 3.98. The lowest BCUT2D eigenvalue weighted by Gasteiger charge is -2.27. The molecule has 172 valence electrons. The van der Waals surface area contributed by atoms with Gasteiger partial charge in [-0.25, -0.2) is 4.98 Å². The van der Waals surface area contributed by atoms with Crippen molar-refractivity contribution in [3.63, 3.8) is 0 Å². The number of thioether (sulfide) groups is 1. The van der Waals surface area contributed by atoms with Crippen molar-refractivity contribution in [2.24, 2.45) is 0 Å². The summed E-state index contributed by atoms with van der Waals surface area (Å²) in [6.07, 6.45) is 2.75. The summed E-state index contributed by atoms with van der Waals surface area (Å²) in [7, 11) is 0. The van der Waals surface area contributed by atoms with Gasteiger partial charge in [0.05, 0.1) is 10.9 Å². The fraction of sp³-hybridized carbons (Fsp3) is 0.423. The smallest absolute Gasteiger partial charge is 0.261 e. The average Bonchev–Trinajstić information content (AvgIpc) is 3.66. The quantitative estimate of drug-likeness (QED) is 0.571. The molecule has 1 amide bonds. The van der Waals surface area contributed by atoms with Crippen LogP contribution in [0, 0.1) is 6.92 Å². The Morgan fingerprint density at radius 3 is 2.70 bits per heavy atom. The number of nitrogens with one attached hydrogen (secondary N) is 1. The molecule has 3 aromatic rings. The van der Waals surface area contributed by atoms with Gasteiger partial charge in [-0.3, -0.25) is 19.1 Å². The topological polar surface area (TPSA) is 67.2 Å². The van der Waals surface area contributed by atoms with Gasteiger partial charge >= 0.3 is 0 Å². The van der Waals surface area contributed by atoms with Crippen LogP contribution >= 0.6 is 11.8 Å². The van der Waals surface area contributed by atoms with Crippen molar-refractivity contribution in [3.8, 4) is 0 Å². The third-order valence-electron chi connectivity index (χ3n) is 6.59. The molecular formula is C26H30N4O2S. The molecule has 1 saturated heterocycles. The highest BCUT2D eigenvalue weighted by molar-refractivity contribution is 7.99. The van der Waals surface area contributed by atoms with Crippen LogP contribution in [-0.4, -0.2) is 45.0 Å². The number of carbonyl (C=O) groups is 1. The summed E-state index contributed by atoms with van der Waals surface area (Å²) in [5.74, 6) is 3.04. The fourth-order valence-electron chi connectivity index (χ4n) is 4.51. The Hall–Kier alpha value is -2.64. The Morgan fingerprint density at radius 2 is 1.91 bits per heavy atom. The molecule has 6 nitrogen and oxygen atoms in total. The van der Waals surface area contributed by atoms with Crippen molar-refractivity contribution < 1.29 is 4.79 Å². The Bertz CT molecular complexity index is 1230. The lowest BCUT2D eigenvalue weighted by atomic mass is 10.1. The molecule has 2 fully saturated rings. The Labute approximate surface area is 198 Å². The van der Waals surface area contributed by atoms with Gasteiger partial charge in [-0.1, -0.05) is 24.3 Å². The number of fused-ring (bicyclic) bond motifs is 1. The summed E-state index contributed by atoms with van der Waals surface area (Å²) in [4.78, 5) is 33.1. The average molecular weight is 463 g/mol. The zero-order valence-corrected chi connectivity index (χ0v) is 19.9. The standard InChI is InChI=1S/C26H30N4O2S/c1-18-19(17-29-13-15-33-16-14-29)5-4-8-22(18)28-25(31)12-11-24-27-23-7-3-2-6-21(23)26(32)30(24)20-9-10-20/h2-8,20H,9-17H2,1H3,(H,28,31). The van der Waals surface area contributed by atoms with Crippen LogP contribution in [0.2, 0.25) is 0 Å². The van der Waals surface area contributed by atoms with Crippen LogP contribution in [-0.2, 0) is 17.8 Å². The minimum absolute atomic E-state index is 0.0122. The van der Waals surface area contributed by atoms with Gasteiger partial charge in [0.15, 0.2) is 0 Å². The summed E-state index contributed by atoms with van der Waals surface area (Å²) in [6, 6.07) is 13.8. The molecule has 7 heteroatoms. The molecule has 2 heterocycles. The number of anilines is 1. The zero-order chi connectivity index (χ0) is 22.8. The number of amides is 1. The van der Waals surface area contributed by atoms with E-state index in [1.165, 1.54) is 17.1 Å². The van der Waals surface area contributed by atoms with Crippen molar-refractivity contribution in [2.75, 3.05) is 29.9 Å². The second kappa shape index (κ2) is 9.69.